The first-order valence-electron chi connectivity index (χ1n) is 4.16. The van der Waals surface area contributed by atoms with E-state index in [4.69, 9.17) is 11.6 Å². The predicted molar refractivity (Wildman–Crippen MR) is 54.0 cm³/mol. The second-order valence-corrected chi connectivity index (χ2v) is 3.42. The summed E-state index contributed by atoms with van der Waals surface area (Å²) < 4.78 is 1.70. The summed E-state index contributed by atoms with van der Waals surface area (Å²) in [6, 6.07) is 3.57. The third-order valence-corrected chi connectivity index (χ3v) is 1.96. The molecule has 0 saturated carbocycles. The van der Waals surface area contributed by atoms with Crippen molar-refractivity contribution >= 4 is 11.6 Å². The van der Waals surface area contributed by atoms with Crippen LogP contribution in [0.2, 0.25) is 5.15 Å². The van der Waals surface area contributed by atoms with Gasteiger partial charge in [-0.05, 0) is 19.1 Å². The quantitative estimate of drug-likeness (QED) is 0.672. The van der Waals surface area contributed by atoms with Crippen LogP contribution < -0.4 is 0 Å². The van der Waals surface area contributed by atoms with Gasteiger partial charge in [-0.3, -0.25) is 4.68 Å². The Morgan fingerprint density at radius 2 is 2.14 bits per heavy atom. The van der Waals surface area contributed by atoms with Crippen molar-refractivity contribution in [2.75, 3.05) is 0 Å². The molecule has 5 heteroatoms. The Morgan fingerprint density at radius 1 is 1.36 bits per heavy atom. The van der Waals surface area contributed by atoms with Crippen molar-refractivity contribution in [1.82, 2.24) is 19.7 Å². The lowest BCUT2D eigenvalue weighted by molar-refractivity contribution is 0.768. The molecule has 0 spiro atoms. The molecule has 2 aromatic rings. The van der Waals surface area contributed by atoms with Gasteiger partial charge in [0.2, 0.25) is 0 Å². The first-order chi connectivity index (χ1) is 6.65. The molecule has 0 bridgehead atoms. The lowest BCUT2D eigenvalue weighted by Crippen LogP contribution is -1.94. The minimum atomic E-state index is 0.443. The van der Waals surface area contributed by atoms with Crippen molar-refractivity contribution in [1.29, 1.82) is 0 Å². The van der Waals surface area contributed by atoms with E-state index in [0.29, 0.717) is 11.0 Å². The molecule has 0 aliphatic rings. The highest BCUT2D eigenvalue weighted by molar-refractivity contribution is 6.29. The van der Waals surface area contributed by atoms with Crippen LogP contribution in [0.5, 0.6) is 0 Å². The average molecular weight is 209 g/mol. The zero-order valence-corrected chi connectivity index (χ0v) is 8.65. The van der Waals surface area contributed by atoms with Crippen molar-refractivity contribution < 1.29 is 0 Å². The van der Waals surface area contributed by atoms with Crippen LogP contribution >= 0.6 is 11.6 Å². The van der Waals surface area contributed by atoms with Gasteiger partial charge in [0, 0.05) is 18.9 Å². The maximum absolute atomic E-state index is 5.82. The molecule has 72 valence electrons. The van der Waals surface area contributed by atoms with E-state index in [2.05, 4.69) is 15.1 Å². The van der Waals surface area contributed by atoms with Crippen LogP contribution in [-0.4, -0.2) is 19.7 Å². The lowest BCUT2D eigenvalue weighted by Gasteiger charge is -1.98. The number of halogens is 1. The topological polar surface area (TPSA) is 43.6 Å². The molecule has 0 atom stereocenters. The van der Waals surface area contributed by atoms with Gasteiger partial charge in [-0.1, -0.05) is 11.6 Å². The van der Waals surface area contributed by atoms with Crippen molar-refractivity contribution in [2.24, 2.45) is 7.05 Å². The smallest absolute Gasteiger partial charge is 0.181 e. The molecule has 0 unspecified atom stereocenters. The maximum atomic E-state index is 5.82. The van der Waals surface area contributed by atoms with Gasteiger partial charge in [0.1, 0.15) is 10.8 Å². The molecule has 0 radical (unpaired) electrons. The number of nitrogens with zero attached hydrogens (tertiary/aromatic N) is 4. The summed E-state index contributed by atoms with van der Waals surface area (Å²) in [7, 11) is 1.85. The Bertz CT molecular complexity index is 443. The Kier molecular flexibility index (Phi) is 2.21. The van der Waals surface area contributed by atoms with Gasteiger partial charge in [-0.2, -0.15) is 5.10 Å². The number of hydrogen-bond donors (Lipinski definition) is 0. The van der Waals surface area contributed by atoms with Gasteiger partial charge >= 0.3 is 0 Å². The standard InChI is InChI=1S/C9H9ClN4/c1-6-5-8(10)12-9(11-6)7-3-4-14(2)13-7/h3-5H,1-2H3. The van der Waals surface area contributed by atoms with E-state index < -0.39 is 0 Å². The van der Waals surface area contributed by atoms with Crippen molar-refractivity contribution in [3.63, 3.8) is 0 Å². The summed E-state index contributed by atoms with van der Waals surface area (Å²) in [6.45, 7) is 1.88. The fourth-order valence-electron chi connectivity index (χ4n) is 1.18. The zero-order chi connectivity index (χ0) is 10.1. The van der Waals surface area contributed by atoms with Crippen molar-refractivity contribution in [3.05, 3.63) is 29.2 Å². The Hall–Kier alpha value is -1.42. The molecule has 2 heterocycles. The molecular weight excluding hydrogens is 200 g/mol. The van der Waals surface area contributed by atoms with Crippen LogP contribution in [0.4, 0.5) is 0 Å². The Balaban J connectivity index is 2.51. The molecule has 2 rings (SSSR count). The van der Waals surface area contributed by atoms with E-state index in [-0.39, 0.29) is 0 Å². The lowest BCUT2D eigenvalue weighted by atomic mass is 10.4. The summed E-state index contributed by atoms with van der Waals surface area (Å²) in [5.74, 6) is 0.565. The summed E-state index contributed by atoms with van der Waals surface area (Å²) in [4.78, 5) is 8.34. The van der Waals surface area contributed by atoms with Crippen LogP contribution in [0.3, 0.4) is 0 Å². The molecule has 0 amide bonds. The van der Waals surface area contributed by atoms with E-state index >= 15 is 0 Å². The highest BCUT2D eigenvalue weighted by atomic mass is 35.5. The number of aromatic nitrogens is 4. The fraction of sp³-hybridized carbons (Fsp3) is 0.222. The zero-order valence-electron chi connectivity index (χ0n) is 7.90. The fourth-order valence-corrected chi connectivity index (χ4v) is 1.42. The minimum absolute atomic E-state index is 0.443. The van der Waals surface area contributed by atoms with Gasteiger partial charge in [-0.15, -0.1) is 0 Å². The van der Waals surface area contributed by atoms with Gasteiger partial charge in [-0.25, -0.2) is 9.97 Å². The minimum Gasteiger partial charge on any atom is -0.275 e. The van der Waals surface area contributed by atoms with Crippen LogP contribution in [0.15, 0.2) is 18.3 Å². The molecular formula is C9H9ClN4. The van der Waals surface area contributed by atoms with Gasteiger partial charge in [0.15, 0.2) is 5.82 Å². The molecule has 0 N–H and O–H groups in total. The molecule has 4 nitrogen and oxygen atoms in total. The van der Waals surface area contributed by atoms with E-state index in [0.717, 1.165) is 11.4 Å². The summed E-state index contributed by atoms with van der Waals surface area (Å²) in [5, 5.41) is 4.64. The normalized spacial score (nSPS) is 10.5. The number of aryl methyl sites for hydroxylation is 2. The molecule has 0 saturated heterocycles. The highest BCUT2D eigenvalue weighted by Crippen LogP contribution is 2.15. The SMILES string of the molecule is Cc1cc(Cl)nc(-c2ccn(C)n2)n1. The van der Waals surface area contributed by atoms with E-state index in [1.807, 2.05) is 26.2 Å². The van der Waals surface area contributed by atoms with E-state index in [1.54, 1.807) is 10.7 Å². The number of rotatable bonds is 1. The molecule has 0 fully saturated rings. The van der Waals surface area contributed by atoms with Gasteiger partial charge in [0.25, 0.3) is 0 Å². The average Bonchev–Trinajstić information content (AvgIpc) is 2.50. The van der Waals surface area contributed by atoms with E-state index in [9.17, 15) is 0 Å². The third kappa shape index (κ3) is 1.75. The Morgan fingerprint density at radius 3 is 2.71 bits per heavy atom. The van der Waals surface area contributed by atoms with Crippen LogP contribution in [0.25, 0.3) is 11.5 Å². The third-order valence-electron chi connectivity index (χ3n) is 1.77. The van der Waals surface area contributed by atoms with Gasteiger partial charge < -0.3 is 0 Å². The largest absolute Gasteiger partial charge is 0.275 e. The Labute approximate surface area is 86.6 Å². The molecule has 2 aromatic heterocycles. The molecule has 0 aliphatic heterocycles. The summed E-state index contributed by atoms with van der Waals surface area (Å²) in [6.07, 6.45) is 1.84. The van der Waals surface area contributed by atoms with Crippen LogP contribution in [-0.2, 0) is 7.05 Å². The maximum Gasteiger partial charge on any atom is 0.181 e. The monoisotopic (exact) mass is 208 g/mol. The highest BCUT2D eigenvalue weighted by Gasteiger charge is 2.06. The van der Waals surface area contributed by atoms with Crippen molar-refractivity contribution in [3.8, 4) is 11.5 Å². The number of hydrogen-bond acceptors (Lipinski definition) is 3. The first kappa shape index (κ1) is 9.15. The van der Waals surface area contributed by atoms with Crippen molar-refractivity contribution in [2.45, 2.75) is 6.92 Å². The summed E-state index contributed by atoms with van der Waals surface area (Å²) in [5.41, 5.74) is 1.57. The second kappa shape index (κ2) is 3.38. The van der Waals surface area contributed by atoms with Crippen LogP contribution in [0, 0.1) is 6.92 Å². The molecule has 0 aliphatic carbocycles. The predicted octanol–water partition coefficient (Wildman–Crippen LogP) is 1.84. The van der Waals surface area contributed by atoms with Gasteiger partial charge in [0.05, 0.1) is 0 Å². The van der Waals surface area contributed by atoms with E-state index in [1.165, 1.54) is 0 Å². The molecule has 14 heavy (non-hydrogen) atoms. The molecule has 0 aromatic carbocycles. The first-order valence-corrected chi connectivity index (χ1v) is 4.54. The summed E-state index contributed by atoms with van der Waals surface area (Å²) >= 11 is 5.82. The second-order valence-electron chi connectivity index (χ2n) is 3.03. The van der Waals surface area contributed by atoms with Crippen LogP contribution in [0.1, 0.15) is 5.69 Å².